The van der Waals surface area contributed by atoms with Gasteiger partial charge in [0.05, 0.1) is 0 Å². The van der Waals surface area contributed by atoms with Gasteiger partial charge in [0.25, 0.3) is 0 Å². The average molecular weight is 218 g/mol. The summed E-state index contributed by atoms with van der Waals surface area (Å²) in [6, 6.07) is 10.6. The lowest BCUT2D eigenvalue weighted by Gasteiger charge is -2.30. The van der Waals surface area contributed by atoms with Crippen molar-refractivity contribution >= 4 is 5.96 Å². The van der Waals surface area contributed by atoms with Crippen molar-refractivity contribution in [2.45, 2.75) is 18.8 Å². The van der Waals surface area contributed by atoms with Crippen molar-refractivity contribution in [3.8, 4) is 0 Å². The van der Waals surface area contributed by atoms with Crippen LogP contribution in [0.2, 0.25) is 0 Å². The first kappa shape index (κ1) is 10.8. The Balaban J connectivity index is 1.93. The lowest BCUT2D eigenvalue weighted by molar-refractivity contribution is 0.221. The summed E-state index contributed by atoms with van der Waals surface area (Å²) in [4.78, 5) is 0. The van der Waals surface area contributed by atoms with Crippen molar-refractivity contribution < 1.29 is 0 Å². The lowest BCUT2D eigenvalue weighted by Crippen LogP contribution is -2.34. The molecule has 0 atom stereocenters. The molecule has 0 spiro atoms. The second-order valence-electron chi connectivity index (χ2n) is 4.16. The molecule has 1 saturated heterocycles. The molecule has 2 rings (SSSR count). The fourth-order valence-electron chi connectivity index (χ4n) is 2.19. The maximum absolute atomic E-state index is 5.36. The first-order chi connectivity index (χ1) is 7.75. The molecule has 0 bridgehead atoms. The molecule has 1 fully saturated rings. The number of nitrogens with two attached hydrogens (primary N) is 2. The van der Waals surface area contributed by atoms with Crippen molar-refractivity contribution in [2.75, 3.05) is 13.1 Å². The maximum atomic E-state index is 5.36. The molecule has 1 aromatic rings. The highest BCUT2D eigenvalue weighted by atomic mass is 15.5. The third-order valence-electron chi connectivity index (χ3n) is 3.00. The van der Waals surface area contributed by atoms with Crippen LogP contribution in [0, 0.1) is 0 Å². The van der Waals surface area contributed by atoms with Crippen molar-refractivity contribution in [3.63, 3.8) is 0 Å². The van der Waals surface area contributed by atoms with Crippen LogP contribution >= 0.6 is 0 Å². The van der Waals surface area contributed by atoms with Crippen LogP contribution < -0.4 is 11.5 Å². The molecule has 0 aromatic heterocycles. The molecule has 1 aromatic carbocycles. The van der Waals surface area contributed by atoms with Gasteiger partial charge in [0.2, 0.25) is 5.96 Å². The van der Waals surface area contributed by atoms with Gasteiger partial charge in [-0.2, -0.15) is 0 Å². The number of rotatable bonds is 2. The van der Waals surface area contributed by atoms with Gasteiger partial charge in [0.1, 0.15) is 0 Å². The van der Waals surface area contributed by atoms with E-state index in [0.29, 0.717) is 5.92 Å². The van der Waals surface area contributed by atoms with Gasteiger partial charge < -0.3 is 11.5 Å². The number of benzene rings is 1. The van der Waals surface area contributed by atoms with Gasteiger partial charge in [-0.25, -0.2) is 0 Å². The molecule has 4 nitrogen and oxygen atoms in total. The average Bonchev–Trinajstić information content (AvgIpc) is 2.30. The van der Waals surface area contributed by atoms with E-state index in [4.69, 9.17) is 11.5 Å². The molecule has 0 unspecified atom stereocenters. The zero-order valence-corrected chi connectivity index (χ0v) is 9.34. The van der Waals surface area contributed by atoms with Gasteiger partial charge in [0, 0.05) is 13.1 Å². The lowest BCUT2D eigenvalue weighted by atomic mass is 9.90. The minimum Gasteiger partial charge on any atom is -0.369 e. The van der Waals surface area contributed by atoms with E-state index in [-0.39, 0.29) is 5.96 Å². The topological polar surface area (TPSA) is 67.6 Å². The van der Waals surface area contributed by atoms with E-state index in [1.807, 2.05) is 5.01 Å². The van der Waals surface area contributed by atoms with Crippen LogP contribution in [0.25, 0.3) is 0 Å². The zero-order valence-electron chi connectivity index (χ0n) is 9.34. The van der Waals surface area contributed by atoms with E-state index in [2.05, 4.69) is 35.4 Å². The van der Waals surface area contributed by atoms with Gasteiger partial charge in [-0.15, -0.1) is 5.10 Å². The predicted octanol–water partition coefficient (Wildman–Crippen LogP) is 1.05. The highest BCUT2D eigenvalue weighted by molar-refractivity contribution is 5.75. The number of nitrogens with zero attached hydrogens (tertiary/aromatic N) is 2. The second kappa shape index (κ2) is 4.88. The van der Waals surface area contributed by atoms with Crippen LogP contribution in [0.15, 0.2) is 35.4 Å². The first-order valence-electron chi connectivity index (χ1n) is 5.65. The van der Waals surface area contributed by atoms with Crippen LogP contribution in [-0.2, 0) is 0 Å². The summed E-state index contributed by atoms with van der Waals surface area (Å²) >= 11 is 0. The molecule has 0 saturated carbocycles. The van der Waals surface area contributed by atoms with Crippen LogP contribution in [0.5, 0.6) is 0 Å². The molecule has 1 aliphatic rings. The van der Waals surface area contributed by atoms with Gasteiger partial charge >= 0.3 is 0 Å². The summed E-state index contributed by atoms with van der Waals surface area (Å²) in [5, 5.41) is 6.02. The van der Waals surface area contributed by atoms with E-state index >= 15 is 0 Å². The van der Waals surface area contributed by atoms with Crippen LogP contribution in [-0.4, -0.2) is 24.1 Å². The summed E-state index contributed by atoms with van der Waals surface area (Å²) in [5.41, 5.74) is 12.1. The molecule has 0 radical (unpaired) electrons. The van der Waals surface area contributed by atoms with Crippen molar-refractivity contribution in [1.82, 2.24) is 5.01 Å². The Morgan fingerprint density at radius 2 is 1.75 bits per heavy atom. The molecule has 0 aliphatic carbocycles. The molecule has 86 valence electrons. The summed E-state index contributed by atoms with van der Waals surface area (Å²) in [5.74, 6) is 0.796. The van der Waals surface area contributed by atoms with Crippen molar-refractivity contribution in [2.24, 2.45) is 16.6 Å². The van der Waals surface area contributed by atoms with Crippen LogP contribution in [0.4, 0.5) is 0 Å². The number of hydrazone groups is 1. The van der Waals surface area contributed by atoms with Gasteiger partial charge in [0.15, 0.2) is 0 Å². The van der Waals surface area contributed by atoms with E-state index in [1.165, 1.54) is 5.56 Å². The molecule has 0 amide bonds. The van der Waals surface area contributed by atoms with Gasteiger partial charge in [-0.3, -0.25) is 5.01 Å². The summed E-state index contributed by atoms with van der Waals surface area (Å²) in [7, 11) is 0. The highest BCUT2D eigenvalue weighted by Crippen LogP contribution is 2.27. The fraction of sp³-hybridized carbons (Fsp3) is 0.417. The van der Waals surface area contributed by atoms with Crippen molar-refractivity contribution in [1.29, 1.82) is 0 Å². The Kier molecular flexibility index (Phi) is 3.29. The maximum Gasteiger partial charge on any atom is 0.208 e. The third kappa shape index (κ3) is 2.66. The van der Waals surface area contributed by atoms with Crippen LogP contribution in [0.3, 0.4) is 0 Å². The number of hydrogen-bond donors (Lipinski definition) is 2. The van der Waals surface area contributed by atoms with Crippen LogP contribution in [0.1, 0.15) is 24.3 Å². The Bertz CT molecular complexity index is 349. The monoisotopic (exact) mass is 218 g/mol. The summed E-state index contributed by atoms with van der Waals surface area (Å²) in [6.45, 7) is 1.86. The van der Waals surface area contributed by atoms with Crippen molar-refractivity contribution in [3.05, 3.63) is 35.9 Å². The standard InChI is InChI=1S/C12H18N4/c13-12(14)15-16-8-6-11(7-9-16)10-4-2-1-3-5-10/h1-5,11H,6-9H2,(H4,13,14,15). The van der Waals surface area contributed by atoms with Gasteiger partial charge in [-0.05, 0) is 24.3 Å². The first-order valence-corrected chi connectivity index (χ1v) is 5.65. The SMILES string of the molecule is NC(N)=NN1CCC(c2ccccc2)CC1. The molecule has 4 heteroatoms. The number of piperidine rings is 1. The fourth-order valence-corrected chi connectivity index (χ4v) is 2.19. The van der Waals surface area contributed by atoms with E-state index < -0.39 is 0 Å². The minimum absolute atomic E-state index is 0.151. The third-order valence-corrected chi connectivity index (χ3v) is 3.00. The summed E-state index contributed by atoms with van der Waals surface area (Å²) < 4.78 is 0. The Labute approximate surface area is 95.9 Å². The Morgan fingerprint density at radius 3 is 2.31 bits per heavy atom. The molecular formula is C12H18N4. The second-order valence-corrected chi connectivity index (χ2v) is 4.16. The van der Waals surface area contributed by atoms with E-state index in [0.717, 1.165) is 25.9 Å². The molecule has 16 heavy (non-hydrogen) atoms. The Morgan fingerprint density at radius 1 is 1.12 bits per heavy atom. The zero-order chi connectivity index (χ0) is 11.4. The molecule has 1 heterocycles. The predicted molar refractivity (Wildman–Crippen MR) is 65.8 cm³/mol. The molecular weight excluding hydrogens is 200 g/mol. The molecule has 4 N–H and O–H groups in total. The Hall–Kier alpha value is -1.71. The van der Waals surface area contributed by atoms with E-state index in [1.54, 1.807) is 0 Å². The van der Waals surface area contributed by atoms with E-state index in [9.17, 15) is 0 Å². The van der Waals surface area contributed by atoms with Gasteiger partial charge in [-0.1, -0.05) is 30.3 Å². The quantitative estimate of drug-likeness (QED) is 0.576. The normalized spacial score (nSPS) is 17.1. The largest absolute Gasteiger partial charge is 0.369 e. The number of hydrogen-bond acceptors (Lipinski definition) is 2. The minimum atomic E-state index is 0.151. The summed E-state index contributed by atoms with van der Waals surface area (Å²) in [6.07, 6.45) is 2.22. The smallest absolute Gasteiger partial charge is 0.208 e. The highest BCUT2D eigenvalue weighted by Gasteiger charge is 2.19. The molecule has 1 aliphatic heterocycles. The number of guanidine groups is 1.